The van der Waals surface area contributed by atoms with Crippen molar-refractivity contribution >= 4 is 0 Å². The van der Waals surface area contributed by atoms with Gasteiger partial charge in [0.15, 0.2) is 0 Å². The van der Waals surface area contributed by atoms with E-state index in [-0.39, 0.29) is 0 Å². The Bertz CT molecular complexity index is 264. The summed E-state index contributed by atoms with van der Waals surface area (Å²) in [5, 5.41) is 23.4. The molecule has 0 bridgehead atoms. The van der Waals surface area contributed by atoms with Crippen molar-refractivity contribution in [2.24, 2.45) is 0 Å². The summed E-state index contributed by atoms with van der Waals surface area (Å²) in [5.74, 6) is 0. The Morgan fingerprint density at radius 2 is 1.26 bits per heavy atom. The fraction of sp³-hybridized carbons (Fsp3) is 1.00. The molecule has 1 fully saturated rings. The van der Waals surface area contributed by atoms with Gasteiger partial charge in [-0.2, -0.15) is 0 Å². The number of unbranched alkanes of at least 4 members (excludes halogenated alkanes) is 10. The molecular formula is C20H41NO2. The van der Waals surface area contributed by atoms with Crippen LogP contribution >= 0.6 is 0 Å². The van der Waals surface area contributed by atoms with E-state index in [0.29, 0.717) is 0 Å². The summed E-state index contributed by atoms with van der Waals surface area (Å²) in [4.78, 5) is 0. The Kier molecular flexibility index (Phi) is 12.0. The Morgan fingerprint density at radius 1 is 0.783 bits per heavy atom. The topological polar surface area (TPSA) is 52.5 Å². The van der Waals surface area contributed by atoms with Crippen molar-refractivity contribution in [2.45, 2.75) is 128 Å². The number of hydrogen-bond donors (Lipinski definition) is 3. The van der Waals surface area contributed by atoms with E-state index in [0.717, 1.165) is 38.5 Å². The zero-order chi connectivity index (χ0) is 16.8. The highest BCUT2D eigenvalue weighted by molar-refractivity contribution is 4.80. The van der Waals surface area contributed by atoms with E-state index >= 15 is 0 Å². The zero-order valence-corrected chi connectivity index (χ0v) is 15.5. The molecule has 1 atom stereocenters. The van der Waals surface area contributed by atoms with Gasteiger partial charge in [0.05, 0.1) is 0 Å². The van der Waals surface area contributed by atoms with Gasteiger partial charge in [0, 0.05) is 0 Å². The molecule has 0 amide bonds. The second-order valence-corrected chi connectivity index (χ2v) is 7.58. The van der Waals surface area contributed by atoms with Crippen LogP contribution in [0.2, 0.25) is 0 Å². The predicted octanol–water partition coefficient (Wildman–Crippen LogP) is 5.25. The fourth-order valence-electron chi connectivity index (χ4n) is 3.67. The minimum atomic E-state index is -0.810. The van der Waals surface area contributed by atoms with Crippen LogP contribution in [-0.2, 0) is 0 Å². The highest BCUT2D eigenvalue weighted by atomic mass is 16.3. The van der Waals surface area contributed by atoms with Crippen molar-refractivity contribution in [1.82, 2.24) is 5.32 Å². The van der Waals surface area contributed by atoms with E-state index in [9.17, 15) is 10.2 Å². The van der Waals surface area contributed by atoms with Crippen LogP contribution in [-0.4, -0.2) is 22.2 Å². The molecule has 1 aliphatic rings. The second-order valence-electron chi connectivity index (χ2n) is 7.58. The lowest BCUT2D eigenvalue weighted by Crippen LogP contribution is -2.51. The Labute approximate surface area is 144 Å². The molecule has 1 rings (SSSR count). The van der Waals surface area contributed by atoms with E-state index in [1.807, 2.05) is 0 Å². The van der Waals surface area contributed by atoms with Crippen molar-refractivity contribution in [1.29, 1.82) is 0 Å². The van der Waals surface area contributed by atoms with Gasteiger partial charge >= 0.3 is 0 Å². The summed E-state index contributed by atoms with van der Waals surface area (Å²) in [6.45, 7) is 2.27. The monoisotopic (exact) mass is 327 g/mol. The molecule has 0 spiro atoms. The van der Waals surface area contributed by atoms with Crippen LogP contribution in [0.25, 0.3) is 0 Å². The highest BCUT2D eigenvalue weighted by Gasteiger charge is 2.30. The highest BCUT2D eigenvalue weighted by Crippen LogP contribution is 2.26. The summed E-state index contributed by atoms with van der Waals surface area (Å²) in [7, 11) is 0. The molecular weight excluding hydrogens is 286 g/mol. The van der Waals surface area contributed by atoms with E-state index in [1.54, 1.807) is 0 Å². The number of aliphatic hydroxyl groups excluding tert-OH is 1. The number of hydrogen-bond acceptors (Lipinski definition) is 3. The Balaban J connectivity index is 1.86. The minimum absolute atomic E-state index is 0.545. The molecule has 1 unspecified atom stereocenters. The van der Waals surface area contributed by atoms with Crippen LogP contribution in [0.1, 0.15) is 116 Å². The van der Waals surface area contributed by atoms with Crippen molar-refractivity contribution in [3.05, 3.63) is 0 Å². The van der Waals surface area contributed by atoms with E-state index < -0.39 is 12.0 Å². The van der Waals surface area contributed by atoms with Gasteiger partial charge < -0.3 is 10.2 Å². The first-order chi connectivity index (χ1) is 11.2. The average Bonchev–Trinajstić information content (AvgIpc) is 2.53. The Hall–Kier alpha value is -0.120. The second kappa shape index (κ2) is 13.2. The molecule has 0 saturated heterocycles. The third kappa shape index (κ3) is 11.1. The molecule has 0 aromatic heterocycles. The lowest BCUT2D eigenvalue weighted by atomic mass is 9.91. The summed E-state index contributed by atoms with van der Waals surface area (Å²) in [5.41, 5.74) is -0.810. The van der Waals surface area contributed by atoms with Gasteiger partial charge in [-0.05, 0) is 38.5 Å². The quantitative estimate of drug-likeness (QED) is 0.302. The third-order valence-corrected chi connectivity index (χ3v) is 5.20. The molecule has 0 radical (unpaired) electrons. The van der Waals surface area contributed by atoms with Gasteiger partial charge in [0.1, 0.15) is 12.0 Å². The fourth-order valence-corrected chi connectivity index (χ4v) is 3.67. The first-order valence-corrected chi connectivity index (χ1v) is 10.3. The van der Waals surface area contributed by atoms with Crippen molar-refractivity contribution in [3.63, 3.8) is 0 Å². The molecule has 3 heteroatoms. The number of nitrogens with one attached hydrogen (secondary N) is 1. The summed E-state index contributed by atoms with van der Waals surface area (Å²) in [6.07, 6.45) is 19.7. The lowest BCUT2D eigenvalue weighted by molar-refractivity contribution is -0.0724. The maximum absolute atomic E-state index is 10.3. The van der Waals surface area contributed by atoms with Crippen LogP contribution < -0.4 is 5.32 Å². The standard InChI is InChI=1S/C20H41NO2/c1-2-3-4-5-6-7-8-9-10-11-13-16-19(22)21-20(23)17-14-12-15-18-20/h19,21-23H,2-18H2,1H3. The van der Waals surface area contributed by atoms with Gasteiger partial charge in [0.25, 0.3) is 0 Å². The van der Waals surface area contributed by atoms with Gasteiger partial charge in [-0.15, -0.1) is 0 Å². The smallest absolute Gasteiger partial charge is 0.117 e. The molecule has 0 heterocycles. The molecule has 1 aliphatic carbocycles. The van der Waals surface area contributed by atoms with Gasteiger partial charge in [-0.25, -0.2) is 0 Å². The molecule has 3 nitrogen and oxygen atoms in total. The average molecular weight is 328 g/mol. The van der Waals surface area contributed by atoms with Crippen LogP contribution in [0, 0.1) is 0 Å². The third-order valence-electron chi connectivity index (χ3n) is 5.20. The summed E-state index contributed by atoms with van der Waals surface area (Å²) in [6, 6.07) is 0. The van der Waals surface area contributed by atoms with Gasteiger partial charge in [-0.3, -0.25) is 5.32 Å². The van der Waals surface area contributed by atoms with Crippen LogP contribution in [0.4, 0.5) is 0 Å². The Morgan fingerprint density at radius 3 is 1.78 bits per heavy atom. The maximum atomic E-state index is 10.3. The molecule has 0 aromatic carbocycles. The maximum Gasteiger partial charge on any atom is 0.117 e. The minimum Gasteiger partial charge on any atom is -0.379 e. The SMILES string of the molecule is CCCCCCCCCCCCCC(O)NC1(O)CCCCC1. The van der Waals surface area contributed by atoms with E-state index in [1.165, 1.54) is 70.6 Å². The largest absolute Gasteiger partial charge is 0.379 e. The van der Waals surface area contributed by atoms with Crippen LogP contribution in [0.15, 0.2) is 0 Å². The molecule has 0 aromatic rings. The first-order valence-electron chi connectivity index (χ1n) is 10.3. The van der Waals surface area contributed by atoms with Gasteiger partial charge in [0.2, 0.25) is 0 Å². The van der Waals surface area contributed by atoms with Crippen molar-refractivity contribution in [3.8, 4) is 0 Å². The normalized spacial score (nSPS) is 18.9. The summed E-state index contributed by atoms with van der Waals surface area (Å²) >= 11 is 0. The summed E-state index contributed by atoms with van der Waals surface area (Å²) < 4.78 is 0. The molecule has 1 saturated carbocycles. The predicted molar refractivity (Wildman–Crippen MR) is 98.3 cm³/mol. The first kappa shape index (κ1) is 20.9. The van der Waals surface area contributed by atoms with Crippen molar-refractivity contribution in [2.75, 3.05) is 0 Å². The van der Waals surface area contributed by atoms with E-state index in [2.05, 4.69) is 12.2 Å². The number of rotatable bonds is 14. The van der Waals surface area contributed by atoms with Gasteiger partial charge in [-0.1, -0.05) is 77.6 Å². The molecule has 23 heavy (non-hydrogen) atoms. The van der Waals surface area contributed by atoms with E-state index in [4.69, 9.17) is 0 Å². The molecule has 3 N–H and O–H groups in total. The van der Waals surface area contributed by atoms with Crippen LogP contribution in [0.5, 0.6) is 0 Å². The van der Waals surface area contributed by atoms with Crippen LogP contribution in [0.3, 0.4) is 0 Å². The zero-order valence-electron chi connectivity index (χ0n) is 15.5. The van der Waals surface area contributed by atoms with Crippen molar-refractivity contribution < 1.29 is 10.2 Å². The number of aliphatic hydroxyl groups is 2. The molecule has 138 valence electrons. The molecule has 0 aliphatic heterocycles. The lowest BCUT2D eigenvalue weighted by Gasteiger charge is -2.35.